The van der Waals surface area contributed by atoms with Crippen LogP contribution < -0.4 is 5.73 Å². The van der Waals surface area contributed by atoms with Gasteiger partial charge in [-0.1, -0.05) is 11.6 Å². The lowest BCUT2D eigenvalue weighted by molar-refractivity contribution is 0.906. The molecule has 0 unspecified atom stereocenters. The fourth-order valence-electron chi connectivity index (χ4n) is 1.60. The monoisotopic (exact) mass is 272 g/mol. The molecule has 0 radical (unpaired) electrons. The lowest BCUT2D eigenvalue weighted by Gasteiger charge is -2.05. The molecule has 0 saturated heterocycles. The number of nitrogen functional groups attached to an aromatic ring is 1. The number of aromatic nitrogens is 5. The van der Waals surface area contributed by atoms with Gasteiger partial charge in [-0.15, -0.1) is 0 Å². The molecule has 0 bridgehead atoms. The van der Waals surface area contributed by atoms with Crippen LogP contribution in [-0.4, -0.2) is 24.5 Å². The van der Waals surface area contributed by atoms with Crippen LogP contribution in [0.3, 0.4) is 0 Å². The molecule has 2 N–H and O–H groups in total. The molecule has 3 rings (SSSR count). The van der Waals surface area contributed by atoms with Crippen LogP contribution in [0, 0.1) is 0 Å². The van der Waals surface area contributed by atoms with E-state index in [2.05, 4.69) is 19.9 Å². The molecule has 1 aromatic carbocycles. The highest BCUT2D eigenvalue weighted by atomic mass is 35.5. The molecule has 2 aromatic heterocycles. The van der Waals surface area contributed by atoms with E-state index in [0.29, 0.717) is 16.8 Å². The first-order valence-electron chi connectivity index (χ1n) is 5.48. The van der Waals surface area contributed by atoms with Gasteiger partial charge in [0.1, 0.15) is 6.33 Å². The molecule has 94 valence electrons. The molecular weight excluding hydrogens is 264 g/mol. The predicted molar refractivity (Wildman–Crippen MR) is 71.8 cm³/mol. The summed E-state index contributed by atoms with van der Waals surface area (Å²) in [6.45, 7) is 0. The summed E-state index contributed by atoms with van der Waals surface area (Å²) in [5.41, 5.74) is 6.53. The normalized spacial score (nSPS) is 10.6. The maximum absolute atomic E-state index is 5.85. The molecule has 0 aliphatic carbocycles. The first kappa shape index (κ1) is 11.6. The minimum absolute atomic E-state index is 0.156. The molecule has 0 atom stereocenters. The fraction of sp³-hybridized carbons (Fsp3) is 0. The maximum atomic E-state index is 5.85. The molecule has 0 saturated carbocycles. The quantitative estimate of drug-likeness (QED) is 0.771. The van der Waals surface area contributed by atoms with Crippen LogP contribution in [0.1, 0.15) is 0 Å². The third-order valence-electron chi connectivity index (χ3n) is 2.48. The third-order valence-corrected chi connectivity index (χ3v) is 2.73. The second-order valence-corrected chi connectivity index (χ2v) is 4.23. The van der Waals surface area contributed by atoms with Crippen LogP contribution >= 0.6 is 11.6 Å². The Bertz CT molecular complexity index is 693. The molecule has 0 amide bonds. The number of nitrogens with zero attached hydrogens (tertiary/aromatic N) is 5. The van der Waals surface area contributed by atoms with Gasteiger partial charge in [-0.3, -0.25) is 4.57 Å². The van der Waals surface area contributed by atoms with Crippen LogP contribution in [0.2, 0.25) is 5.02 Å². The van der Waals surface area contributed by atoms with E-state index in [4.69, 9.17) is 17.3 Å². The van der Waals surface area contributed by atoms with E-state index in [1.165, 1.54) is 0 Å². The molecule has 7 heteroatoms. The van der Waals surface area contributed by atoms with Gasteiger partial charge in [0.2, 0.25) is 11.9 Å². The minimum Gasteiger partial charge on any atom is -0.368 e. The number of benzene rings is 1. The number of imidazole rings is 1. The van der Waals surface area contributed by atoms with Crippen LogP contribution in [0.4, 0.5) is 5.95 Å². The van der Waals surface area contributed by atoms with Crippen molar-refractivity contribution in [3.05, 3.63) is 48.0 Å². The number of nitrogens with two attached hydrogens (primary N) is 1. The zero-order valence-electron chi connectivity index (χ0n) is 9.73. The number of anilines is 1. The molecule has 0 aliphatic heterocycles. The van der Waals surface area contributed by atoms with Gasteiger partial charge < -0.3 is 5.73 Å². The van der Waals surface area contributed by atoms with E-state index in [-0.39, 0.29) is 5.95 Å². The van der Waals surface area contributed by atoms with Gasteiger partial charge >= 0.3 is 0 Å². The van der Waals surface area contributed by atoms with E-state index in [0.717, 1.165) is 5.56 Å². The molecule has 3 aromatic rings. The summed E-state index contributed by atoms with van der Waals surface area (Å²) in [5, 5.41) is 0.653. The second kappa shape index (κ2) is 4.66. The Morgan fingerprint density at radius 3 is 2.53 bits per heavy atom. The fourth-order valence-corrected chi connectivity index (χ4v) is 1.73. The minimum atomic E-state index is 0.156. The highest BCUT2D eigenvalue weighted by Gasteiger charge is 2.08. The van der Waals surface area contributed by atoms with Gasteiger partial charge in [0, 0.05) is 23.0 Å². The second-order valence-electron chi connectivity index (χ2n) is 3.79. The van der Waals surface area contributed by atoms with Gasteiger partial charge in [0.05, 0.1) is 0 Å². The lowest BCUT2D eigenvalue weighted by atomic mass is 10.2. The molecular formula is C12H9ClN6. The number of hydrogen-bond acceptors (Lipinski definition) is 5. The van der Waals surface area contributed by atoms with Crippen molar-refractivity contribution >= 4 is 17.5 Å². The van der Waals surface area contributed by atoms with Crippen molar-refractivity contribution in [3.63, 3.8) is 0 Å². The van der Waals surface area contributed by atoms with Gasteiger partial charge in [-0.2, -0.15) is 15.0 Å². The Labute approximate surface area is 113 Å². The van der Waals surface area contributed by atoms with Crippen molar-refractivity contribution in [1.29, 1.82) is 0 Å². The molecule has 19 heavy (non-hydrogen) atoms. The summed E-state index contributed by atoms with van der Waals surface area (Å²) in [6.07, 6.45) is 4.97. The van der Waals surface area contributed by atoms with Gasteiger partial charge in [-0.25, -0.2) is 4.98 Å². The van der Waals surface area contributed by atoms with Crippen molar-refractivity contribution in [1.82, 2.24) is 24.5 Å². The standard InChI is InChI=1S/C12H9ClN6/c13-9-3-1-8(2-4-9)10-16-11(14)18-12(17-10)19-6-5-15-7-19/h1-7H,(H2,14,16,17,18). The summed E-state index contributed by atoms with van der Waals surface area (Å²) in [5.74, 6) is 1.08. The number of hydrogen-bond donors (Lipinski definition) is 1. The van der Waals surface area contributed by atoms with E-state index in [1.54, 1.807) is 35.4 Å². The summed E-state index contributed by atoms with van der Waals surface area (Å²) in [7, 11) is 0. The maximum Gasteiger partial charge on any atom is 0.240 e. The summed E-state index contributed by atoms with van der Waals surface area (Å²) in [4.78, 5) is 16.5. The zero-order chi connectivity index (χ0) is 13.2. The first-order chi connectivity index (χ1) is 9.22. The Morgan fingerprint density at radius 1 is 1.05 bits per heavy atom. The van der Waals surface area contributed by atoms with Gasteiger partial charge in [-0.05, 0) is 24.3 Å². The van der Waals surface area contributed by atoms with Crippen molar-refractivity contribution in [3.8, 4) is 17.3 Å². The third kappa shape index (κ3) is 2.38. The zero-order valence-corrected chi connectivity index (χ0v) is 10.5. The largest absolute Gasteiger partial charge is 0.368 e. The Kier molecular flexibility index (Phi) is 2.85. The number of rotatable bonds is 2. The lowest BCUT2D eigenvalue weighted by Crippen LogP contribution is -2.06. The van der Waals surface area contributed by atoms with Crippen LogP contribution in [0.25, 0.3) is 17.3 Å². The van der Waals surface area contributed by atoms with Gasteiger partial charge in [0.25, 0.3) is 0 Å². The van der Waals surface area contributed by atoms with Crippen LogP contribution in [0.15, 0.2) is 43.0 Å². The average Bonchev–Trinajstić information content (AvgIpc) is 2.93. The highest BCUT2D eigenvalue weighted by molar-refractivity contribution is 6.30. The van der Waals surface area contributed by atoms with Crippen molar-refractivity contribution in [2.24, 2.45) is 0 Å². The Balaban J connectivity index is 2.10. The van der Waals surface area contributed by atoms with E-state index in [9.17, 15) is 0 Å². The van der Waals surface area contributed by atoms with E-state index >= 15 is 0 Å². The highest BCUT2D eigenvalue weighted by Crippen LogP contribution is 2.19. The summed E-state index contributed by atoms with van der Waals surface area (Å²) < 4.78 is 1.66. The smallest absolute Gasteiger partial charge is 0.240 e. The predicted octanol–water partition coefficient (Wildman–Crippen LogP) is 1.96. The molecule has 0 spiro atoms. The van der Waals surface area contributed by atoms with E-state index in [1.807, 2.05) is 12.1 Å². The first-order valence-corrected chi connectivity index (χ1v) is 5.86. The molecule has 6 nitrogen and oxygen atoms in total. The summed E-state index contributed by atoms with van der Waals surface area (Å²) >= 11 is 5.85. The topological polar surface area (TPSA) is 82.5 Å². The number of halogens is 1. The van der Waals surface area contributed by atoms with Crippen LogP contribution in [-0.2, 0) is 0 Å². The van der Waals surface area contributed by atoms with Gasteiger partial charge in [0.15, 0.2) is 5.82 Å². The van der Waals surface area contributed by atoms with E-state index < -0.39 is 0 Å². The average molecular weight is 273 g/mol. The molecule has 0 fully saturated rings. The molecule has 2 heterocycles. The van der Waals surface area contributed by atoms with Crippen LogP contribution in [0.5, 0.6) is 0 Å². The summed E-state index contributed by atoms with van der Waals surface area (Å²) in [6, 6.07) is 7.20. The Hall–Kier alpha value is -2.47. The van der Waals surface area contributed by atoms with Crippen molar-refractivity contribution < 1.29 is 0 Å². The SMILES string of the molecule is Nc1nc(-c2ccc(Cl)cc2)nc(-n2ccnc2)n1. The Morgan fingerprint density at radius 2 is 1.84 bits per heavy atom. The van der Waals surface area contributed by atoms with Crippen molar-refractivity contribution in [2.75, 3.05) is 5.73 Å². The van der Waals surface area contributed by atoms with Crippen molar-refractivity contribution in [2.45, 2.75) is 0 Å². The molecule has 0 aliphatic rings.